The topological polar surface area (TPSA) is 69.4 Å². The van der Waals surface area contributed by atoms with Crippen LogP contribution in [0.3, 0.4) is 0 Å². The summed E-state index contributed by atoms with van der Waals surface area (Å²) in [6, 6.07) is 8.08. The molecule has 5 rings (SSSR count). The van der Waals surface area contributed by atoms with E-state index < -0.39 is 0 Å². The van der Waals surface area contributed by atoms with Gasteiger partial charge in [-0.15, -0.1) is 16.4 Å². The predicted molar refractivity (Wildman–Crippen MR) is 97.5 cm³/mol. The Hall–Kier alpha value is -2.32. The van der Waals surface area contributed by atoms with Gasteiger partial charge in [-0.05, 0) is 65.6 Å². The fourth-order valence-corrected chi connectivity index (χ4v) is 5.45. The van der Waals surface area contributed by atoms with E-state index >= 15 is 0 Å². The van der Waals surface area contributed by atoms with Gasteiger partial charge in [0.1, 0.15) is 16.2 Å². The molecule has 0 atom stereocenters. The molecule has 6 nitrogen and oxygen atoms in total. The van der Waals surface area contributed by atoms with Gasteiger partial charge in [-0.2, -0.15) is 4.68 Å². The zero-order valence-corrected chi connectivity index (χ0v) is 15.1. The van der Waals surface area contributed by atoms with E-state index in [0.29, 0.717) is 5.16 Å². The molecule has 0 saturated carbocycles. The third-order valence-electron chi connectivity index (χ3n) is 4.44. The zero-order chi connectivity index (χ0) is 16.8. The molecule has 3 aromatic heterocycles. The summed E-state index contributed by atoms with van der Waals surface area (Å²) in [5, 5.41) is 15.1. The summed E-state index contributed by atoms with van der Waals surface area (Å²) in [7, 11) is 0. The molecule has 0 unspecified atom stereocenters. The number of aromatic nitrogens is 6. The molecule has 0 fully saturated rings. The second kappa shape index (κ2) is 5.89. The highest BCUT2D eigenvalue weighted by Crippen LogP contribution is 2.41. The molecule has 0 amide bonds. The number of para-hydroxylation sites is 1. The van der Waals surface area contributed by atoms with Crippen molar-refractivity contribution >= 4 is 33.3 Å². The predicted octanol–water partition coefficient (Wildman–Crippen LogP) is 3.62. The summed E-state index contributed by atoms with van der Waals surface area (Å²) < 4.78 is 1.78. The lowest BCUT2D eigenvalue weighted by molar-refractivity contribution is 0.751. The van der Waals surface area contributed by atoms with Crippen molar-refractivity contribution in [1.82, 2.24) is 30.2 Å². The summed E-state index contributed by atoms with van der Waals surface area (Å²) in [6.07, 6.45) is 5.12. The van der Waals surface area contributed by atoms with Crippen LogP contribution >= 0.6 is 23.1 Å². The smallest absolute Gasteiger partial charge is 0.220 e. The van der Waals surface area contributed by atoms with Crippen LogP contribution in [0.5, 0.6) is 0 Å². The molecule has 0 saturated heterocycles. The van der Waals surface area contributed by atoms with Crippen molar-refractivity contribution in [2.75, 3.05) is 0 Å². The Balaban J connectivity index is 1.61. The zero-order valence-electron chi connectivity index (χ0n) is 13.5. The van der Waals surface area contributed by atoms with E-state index in [-0.39, 0.29) is 0 Å². The largest absolute Gasteiger partial charge is 0.229 e. The van der Waals surface area contributed by atoms with Crippen LogP contribution in [0.25, 0.3) is 15.9 Å². The van der Waals surface area contributed by atoms with E-state index in [1.165, 1.54) is 34.0 Å². The Morgan fingerprint density at radius 1 is 1.16 bits per heavy atom. The normalized spacial score (nSPS) is 13.5. The molecule has 0 aliphatic heterocycles. The number of fused-ring (bicyclic) bond motifs is 3. The maximum absolute atomic E-state index is 4.54. The minimum absolute atomic E-state index is 0.715. The first-order valence-corrected chi connectivity index (χ1v) is 9.72. The van der Waals surface area contributed by atoms with E-state index in [2.05, 4.69) is 38.5 Å². The minimum Gasteiger partial charge on any atom is -0.229 e. The Morgan fingerprint density at radius 2 is 2.08 bits per heavy atom. The van der Waals surface area contributed by atoms with Gasteiger partial charge in [0.25, 0.3) is 0 Å². The van der Waals surface area contributed by atoms with E-state index in [1.807, 2.05) is 18.2 Å². The summed E-state index contributed by atoms with van der Waals surface area (Å²) in [5.74, 6) is 0. The molecular weight excluding hydrogens is 352 g/mol. The second-order valence-corrected chi connectivity index (χ2v) is 8.02. The molecule has 1 aliphatic rings. The molecule has 3 heterocycles. The minimum atomic E-state index is 0.715. The van der Waals surface area contributed by atoms with Crippen molar-refractivity contribution in [3.8, 4) is 5.69 Å². The first kappa shape index (κ1) is 15.0. The fraction of sp³-hybridized carbons (Fsp3) is 0.235. The van der Waals surface area contributed by atoms with Crippen molar-refractivity contribution in [3.63, 3.8) is 0 Å². The van der Waals surface area contributed by atoms with Gasteiger partial charge >= 0.3 is 0 Å². The molecule has 8 heteroatoms. The highest BCUT2D eigenvalue weighted by atomic mass is 32.2. The van der Waals surface area contributed by atoms with E-state index in [9.17, 15) is 0 Å². The number of hydrogen-bond acceptors (Lipinski definition) is 7. The monoisotopic (exact) mass is 366 g/mol. The van der Waals surface area contributed by atoms with Gasteiger partial charge in [-0.1, -0.05) is 18.2 Å². The van der Waals surface area contributed by atoms with Crippen molar-refractivity contribution < 1.29 is 0 Å². The Kier molecular flexibility index (Phi) is 3.53. The van der Waals surface area contributed by atoms with Crippen molar-refractivity contribution in [2.24, 2.45) is 0 Å². The maximum Gasteiger partial charge on any atom is 0.220 e. The average molecular weight is 366 g/mol. The molecule has 124 valence electrons. The van der Waals surface area contributed by atoms with Gasteiger partial charge in [0.05, 0.1) is 5.69 Å². The van der Waals surface area contributed by atoms with Crippen molar-refractivity contribution in [2.45, 2.75) is 36.4 Å². The van der Waals surface area contributed by atoms with Crippen LogP contribution in [-0.2, 0) is 12.8 Å². The molecular formula is C17H14N6S2. The van der Waals surface area contributed by atoms with Gasteiger partial charge in [-0.3, -0.25) is 0 Å². The highest BCUT2D eigenvalue weighted by Gasteiger charge is 2.23. The van der Waals surface area contributed by atoms with E-state index in [4.69, 9.17) is 0 Å². The second-order valence-electron chi connectivity index (χ2n) is 5.98. The maximum atomic E-state index is 4.54. The van der Waals surface area contributed by atoms with Crippen molar-refractivity contribution in [3.05, 3.63) is 46.6 Å². The summed E-state index contributed by atoms with van der Waals surface area (Å²) in [4.78, 5) is 11.5. The lowest BCUT2D eigenvalue weighted by Crippen LogP contribution is -2.01. The van der Waals surface area contributed by atoms with Gasteiger partial charge < -0.3 is 0 Å². The van der Waals surface area contributed by atoms with Gasteiger partial charge in [0.15, 0.2) is 0 Å². The third-order valence-corrected chi connectivity index (χ3v) is 6.58. The molecule has 25 heavy (non-hydrogen) atoms. The van der Waals surface area contributed by atoms with Crippen LogP contribution in [0.15, 0.2) is 40.8 Å². The Labute approximate surface area is 152 Å². The van der Waals surface area contributed by atoms with Crippen molar-refractivity contribution in [1.29, 1.82) is 0 Å². The lowest BCUT2D eigenvalue weighted by Gasteiger charge is -2.07. The molecule has 1 aromatic carbocycles. The number of tetrazole rings is 1. The SMILES string of the molecule is Cc1ccccc1-n1nnnc1Sc1ncnc2sc3c(c12)CCC3. The number of rotatable bonds is 3. The van der Waals surface area contributed by atoms with Crippen LogP contribution in [0.1, 0.15) is 22.4 Å². The number of hydrogen-bond donors (Lipinski definition) is 0. The van der Waals surface area contributed by atoms with E-state index in [1.54, 1.807) is 22.3 Å². The molecule has 0 bridgehead atoms. The Morgan fingerprint density at radius 3 is 3.00 bits per heavy atom. The summed E-state index contributed by atoms with van der Waals surface area (Å²) in [6.45, 7) is 2.06. The summed E-state index contributed by atoms with van der Waals surface area (Å²) in [5.41, 5.74) is 3.52. The average Bonchev–Trinajstić information content (AvgIpc) is 3.31. The quantitative estimate of drug-likeness (QED) is 0.516. The fourth-order valence-electron chi connectivity index (χ4n) is 3.26. The highest BCUT2D eigenvalue weighted by molar-refractivity contribution is 7.99. The third kappa shape index (κ3) is 2.44. The molecule has 0 spiro atoms. The standard InChI is InChI=1S/C17H14N6S2/c1-10-5-2-3-7-12(10)23-17(20-21-22-23)25-16-14-11-6-4-8-13(11)24-15(14)18-9-19-16/h2-3,5,7,9H,4,6,8H2,1H3. The number of thiophene rings is 1. The Bertz CT molecular complexity index is 1080. The van der Waals surface area contributed by atoms with E-state index in [0.717, 1.165) is 33.9 Å². The molecule has 1 aliphatic carbocycles. The van der Waals surface area contributed by atoms with Crippen LogP contribution < -0.4 is 0 Å². The van der Waals surface area contributed by atoms with Crippen LogP contribution in [-0.4, -0.2) is 30.2 Å². The number of benzene rings is 1. The van der Waals surface area contributed by atoms with Crippen LogP contribution in [0.2, 0.25) is 0 Å². The molecule has 4 aromatic rings. The number of aryl methyl sites for hydroxylation is 3. The number of nitrogens with zero attached hydrogens (tertiary/aromatic N) is 6. The molecule has 0 radical (unpaired) electrons. The first-order chi connectivity index (χ1) is 12.3. The first-order valence-electron chi connectivity index (χ1n) is 8.09. The molecule has 0 N–H and O–H groups in total. The van der Waals surface area contributed by atoms with Crippen LogP contribution in [0.4, 0.5) is 0 Å². The van der Waals surface area contributed by atoms with Gasteiger partial charge in [0, 0.05) is 10.3 Å². The summed E-state index contributed by atoms with van der Waals surface area (Å²) >= 11 is 3.30. The van der Waals surface area contributed by atoms with Crippen LogP contribution in [0, 0.1) is 6.92 Å². The lowest BCUT2D eigenvalue weighted by atomic mass is 10.2. The van der Waals surface area contributed by atoms with Gasteiger partial charge in [-0.25, -0.2) is 9.97 Å². The van der Waals surface area contributed by atoms with Gasteiger partial charge in [0.2, 0.25) is 5.16 Å².